The van der Waals surface area contributed by atoms with Crippen LogP contribution in [-0.2, 0) is 15.1 Å². The maximum atomic E-state index is 13.6. The van der Waals surface area contributed by atoms with E-state index in [-0.39, 0.29) is 29.4 Å². The first kappa shape index (κ1) is 25.1. The highest BCUT2D eigenvalue weighted by Gasteiger charge is 2.56. The molecule has 0 radical (unpaired) electrons. The number of carbonyl (C=O) groups excluding carboxylic acids is 2. The van der Waals surface area contributed by atoms with Crippen molar-refractivity contribution in [2.24, 2.45) is 0 Å². The van der Waals surface area contributed by atoms with Crippen LogP contribution in [0.4, 0.5) is 4.79 Å². The van der Waals surface area contributed by atoms with Crippen LogP contribution in [0.3, 0.4) is 0 Å². The zero-order valence-corrected chi connectivity index (χ0v) is 21.1. The monoisotopic (exact) mass is 471 g/mol. The van der Waals surface area contributed by atoms with Crippen LogP contribution in [0.2, 0.25) is 0 Å². The van der Waals surface area contributed by atoms with Crippen LogP contribution in [0.25, 0.3) is 0 Å². The number of nitrogens with zero attached hydrogens (tertiary/aromatic N) is 3. The average molecular weight is 472 g/mol. The second-order valence-corrected chi connectivity index (χ2v) is 11.0. The molecule has 1 spiro atoms. The molecule has 1 aromatic rings. The van der Waals surface area contributed by atoms with Crippen LogP contribution in [0.1, 0.15) is 63.4 Å². The minimum Gasteiger partial charge on any atom is -0.388 e. The summed E-state index contributed by atoms with van der Waals surface area (Å²) in [7, 11) is 5.92. The smallest absolute Gasteiger partial charge is 0.321 e. The molecule has 0 aromatic heterocycles. The summed E-state index contributed by atoms with van der Waals surface area (Å²) in [5, 5.41) is 11.0. The fourth-order valence-corrected chi connectivity index (χ4v) is 6.28. The van der Waals surface area contributed by atoms with Crippen LogP contribution < -0.4 is 0 Å². The molecule has 1 heterocycles. The van der Waals surface area contributed by atoms with Gasteiger partial charge in [-0.3, -0.25) is 9.69 Å². The molecule has 188 valence electrons. The van der Waals surface area contributed by atoms with Crippen molar-refractivity contribution in [1.82, 2.24) is 14.7 Å². The van der Waals surface area contributed by atoms with Crippen molar-refractivity contribution in [1.29, 1.82) is 0 Å². The van der Waals surface area contributed by atoms with Gasteiger partial charge in [0, 0.05) is 32.2 Å². The SMILES string of the molecule is COCCCC(=O)CN1CC2(CCC(c3ccccc3)(N(C)C)CC2)N(CC2(O)CCC2)C1=O. The Morgan fingerprint density at radius 1 is 1.09 bits per heavy atom. The number of amides is 2. The summed E-state index contributed by atoms with van der Waals surface area (Å²) >= 11 is 0. The van der Waals surface area contributed by atoms with Gasteiger partial charge in [0.1, 0.15) is 0 Å². The molecule has 1 aromatic carbocycles. The van der Waals surface area contributed by atoms with E-state index in [2.05, 4.69) is 49.3 Å². The molecule has 2 aliphatic carbocycles. The van der Waals surface area contributed by atoms with E-state index >= 15 is 0 Å². The van der Waals surface area contributed by atoms with Crippen molar-refractivity contribution in [3.8, 4) is 0 Å². The Bertz CT molecular complexity index is 860. The number of aliphatic hydroxyl groups is 1. The summed E-state index contributed by atoms with van der Waals surface area (Å²) in [6, 6.07) is 10.6. The van der Waals surface area contributed by atoms with Gasteiger partial charge < -0.3 is 19.6 Å². The minimum absolute atomic E-state index is 0.0714. The summed E-state index contributed by atoms with van der Waals surface area (Å²) in [6.07, 6.45) is 7.17. The zero-order chi connectivity index (χ0) is 24.4. The third-order valence-corrected chi connectivity index (χ3v) is 8.64. The van der Waals surface area contributed by atoms with Gasteiger partial charge in [-0.2, -0.15) is 0 Å². The van der Waals surface area contributed by atoms with Gasteiger partial charge in [-0.25, -0.2) is 4.79 Å². The average Bonchev–Trinajstić information content (AvgIpc) is 3.04. The molecule has 2 amide bonds. The first-order chi connectivity index (χ1) is 16.2. The number of carbonyl (C=O) groups is 2. The maximum Gasteiger partial charge on any atom is 0.321 e. The summed E-state index contributed by atoms with van der Waals surface area (Å²) in [5.41, 5.74) is 0.131. The molecule has 4 rings (SSSR count). The summed E-state index contributed by atoms with van der Waals surface area (Å²) in [4.78, 5) is 32.2. The minimum atomic E-state index is -0.781. The maximum absolute atomic E-state index is 13.6. The predicted octanol–water partition coefficient (Wildman–Crippen LogP) is 3.40. The van der Waals surface area contributed by atoms with E-state index in [4.69, 9.17) is 4.74 Å². The van der Waals surface area contributed by atoms with Gasteiger partial charge >= 0.3 is 6.03 Å². The lowest BCUT2D eigenvalue weighted by atomic mass is 9.67. The highest BCUT2D eigenvalue weighted by molar-refractivity contribution is 5.87. The van der Waals surface area contributed by atoms with Crippen molar-refractivity contribution in [3.05, 3.63) is 35.9 Å². The molecule has 34 heavy (non-hydrogen) atoms. The molecule has 1 N–H and O–H groups in total. The van der Waals surface area contributed by atoms with E-state index in [1.165, 1.54) is 5.56 Å². The number of hydrogen-bond donors (Lipinski definition) is 1. The van der Waals surface area contributed by atoms with E-state index < -0.39 is 5.60 Å². The number of hydrogen-bond acceptors (Lipinski definition) is 5. The summed E-state index contributed by atoms with van der Waals surface area (Å²) in [6.45, 7) is 1.64. The van der Waals surface area contributed by atoms with Gasteiger partial charge in [0.15, 0.2) is 5.78 Å². The number of benzene rings is 1. The van der Waals surface area contributed by atoms with E-state index in [0.717, 1.165) is 44.9 Å². The van der Waals surface area contributed by atoms with Gasteiger partial charge in [0.25, 0.3) is 0 Å². The first-order valence-electron chi connectivity index (χ1n) is 12.8. The van der Waals surface area contributed by atoms with E-state index in [1.807, 2.05) is 4.90 Å². The number of ketones is 1. The quantitative estimate of drug-likeness (QED) is 0.530. The molecule has 0 unspecified atom stereocenters. The third kappa shape index (κ3) is 4.75. The standard InChI is InChI=1S/C27H41N3O4/c1-28(2)27(22-9-5-4-6-10-22)16-14-25(15-17-27)20-29(19-23(31)11-7-18-34-3)24(32)30(25)21-26(33)12-8-13-26/h4-6,9-10,33H,7-8,11-21H2,1-3H3. The molecule has 3 aliphatic rings. The van der Waals surface area contributed by atoms with Gasteiger partial charge in [-0.05, 0) is 71.0 Å². The molecular formula is C27H41N3O4. The van der Waals surface area contributed by atoms with E-state index in [0.29, 0.717) is 32.5 Å². The van der Waals surface area contributed by atoms with Crippen molar-refractivity contribution < 1.29 is 19.4 Å². The van der Waals surface area contributed by atoms with Crippen LogP contribution >= 0.6 is 0 Å². The Morgan fingerprint density at radius 3 is 2.32 bits per heavy atom. The fourth-order valence-electron chi connectivity index (χ4n) is 6.28. The highest BCUT2D eigenvalue weighted by Crippen LogP contribution is 2.50. The van der Waals surface area contributed by atoms with Crippen LogP contribution in [-0.4, -0.2) is 90.2 Å². The van der Waals surface area contributed by atoms with Crippen molar-refractivity contribution >= 4 is 11.8 Å². The van der Waals surface area contributed by atoms with Crippen molar-refractivity contribution in [2.45, 2.75) is 74.5 Å². The summed E-state index contributed by atoms with van der Waals surface area (Å²) in [5.74, 6) is 0.0764. The number of rotatable bonds is 10. The lowest BCUT2D eigenvalue weighted by Crippen LogP contribution is -2.59. The normalized spacial score (nSPS) is 28.6. The number of Topliss-reactive ketones (excluding diaryl/α,β-unsaturated/α-hetero) is 1. The zero-order valence-electron chi connectivity index (χ0n) is 21.1. The predicted molar refractivity (Wildman–Crippen MR) is 132 cm³/mol. The van der Waals surface area contributed by atoms with Crippen LogP contribution in [0, 0.1) is 0 Å². The van der Waals surface area contributed by atoms with Gasteiger partial charge in [-0.1, -0.05) is 30.3 Å². The molecule has 7 heteroatoms. The van der Waals surface area contributed by atoms with E-state index in [9.17, 15) is 14.7 Å². The lowest BCUT2D eigenvalue weighted by Gasteiger charge is -2.52. The Labute approximate surface area is 204 Å². The fraction of sp³-hybridized carbons (Fsp3) is 0.704. The van der Waals surface area contributed by atoms with Crippen LogP contribution in [0.5, 0.6) is 0 Å². The molecule has 0 atom stereocenters. The van der Waals surface area contributed by atoms with Crippen molar-refractivity contribution in [2.75, 3.05) is 47.4 Å². The summed E-state index contributed by atoms with van der Waals surface area (Å²) < 4.78 is 5.07. The van der Waals surface area contributed by atoms with E-state index in [1.54, 1.807) is 12.0 Å². The second-order valence-electron chi connectivity index (χ2n) is 11.0. The lowest BCUT2D eigenvalue weighted by molar-refractivity contribution is -0.119. The molecule has 1 saturated heterocycles. The van der Waals surface area contributed by atoms with Crippen molar-refractivity contribution in [3.63, 3.8) is 0 Å². The Kier molecular flexibility index (Phi) is 7.36. The number of methoxy groups -OCH3 is 1. The Balaban J connectivity index is 1.54. The molecule has 2 saturated carbocycles. The number of ether oxygens (including phenoxy) is 1. The Hall–Kier alpha value is -1.96. The molecular weight excluding hydrogens is 430 g/mol. The largest absolute Gasteiger partial charge is 0.388 e. The second kappa shape index (κ2) is 9.96. The molecule has 0 bridgehead atoms. The Morgan fingerprint density at radius 2 is 1.76 bits per heavy atom. The molecule has 3 fully saturated rings. The van der Waals surface area contributed by atoms with Gasteiger partial charge in [0.2, 0.25) is 0 Å². The highest BCUT2D eigenvalue weighted by atomic mass is 16.5. The first-order valence-corrected chi connectivity index (χ1v) is 12.8. The molecule has 7 nitrogen and oxygen atoms in total. The molecule has 1 aliphatic heterocycles. The van der Waals surface area contributed by atoms with Gasteiger partial charge in [0.05, 0.1) is 24.2 Å². The number of β-amino-alcohol motifs (C(OH)–C–C–N with tert-alkyl or cyclic N) is 1. The third-order valence-electron chi connectivity index (χ3n) is 8.64. The topological polar surface area (TPSA) is 73.3 Å². The van der Waals surface area contributed by atoms with Crippen LogP contribution in [0.15, 0.2) is 30.3 Å². The number of urea groups is 1. The van der Waals surface area contributed by atoms with Gasteiger partial charge in [-0.15, -0.1) is 0 Å².